The summed E-state index contributed by atoms with van der Waals surface area (Å²) in [6, 6.07) is 18.9. The predicted octanol–water partition coefficient (Wildman–Crippen LogP) is 4.74. The number of benzene rings is 2. The Morgan fingerprint density at radius 1 is 0.800 bits per heavy atom. The third kappa shape index (κ3) is 2.83. The molecule has 102 valence electrons. The highest BCUT2D eigenvalue weighted by molar-refractivity contribution is 5.67. The molecular formula is C18H20N2. The molecule has 2 nitrogen and oxygen atoms in total. The maximum absolute atomic E-state index is 9.50. The van der Waals surface area contributed by atoms with Crippen molar-refractivity contribution in [2.75, 3.05) is 4.90 Å². The van der Waals surface area contributed by atoms with Crippen molar-refractivity contribution >= 4 is 11.4 Å². The summed E-state index contributed by atoms with van der Waals surface area (Å²) in [5, 5.41) is 9.50. The number of hydrogen-bond acceptors (Lipinski definition) is 2. The Kier molecular flexibility index (Phi) is 3.81. The first-order valence-corrected chi connectivity index (χ1v) is 6.79. The molecule has 0 spiro atoms. The van der Waals surface area contributed by atoms with Gasteiger partial charge in [-0.05, 0) is 52.0 Å². The molecule has 2 rings (SSSR count). The van der Waals surface area contributed by atoms with Gasteiger partial charge < -0.3 is 4.90 Å². The number of anilines is 2. The number of aryl methyl sites for hydroxylation is 2. The summed E-state index contributed by atoms with van der Waals surface area (Å²) in [6.45, 7) is 8.00. The molecule has 0 aliphatic carbocycles. The van der Waals surface area contributed by atoms with E-state index in [1.165, 1.54) is 11.1 Å². The third-order valence-corrected chi connectivity index (χ3v) is 3.42. The van der Waals surface area contributed by atoms with Crippen LogP contribution in [0, 0.1) is 25.2 Å². The maximum Gasteiger partial charge on any atom is 0.126 e. The van der Waals surface area contributed by atoms with Gasteiger partial charge in [0.05, 0.1) is 6.07 Å². The first-order chi connectivity index (χ1) is 9.44. The highest BCUT2D eigenvalue weighted by Gasteiger charge is 2.28. The van der Waals surface area contributed by atoms with Gasteiger partial charge in [0.2, 0.25) is 0 Å². The van der Waals surface area contributed by atoms with Gasteiger partial charge in [-0.25, -0.2) is 0 Å². The van der Waals surface area contributed by atoms with Gasteiger partial charge in [-0.3, -0.25) is 0 Å². The lowest BCUT2D eigenvalue weighted by Gasteiger charge is -2.35. The summed E-state index contributed by atoms with van der Waals surface area (Å²) in [6.07, 6.45) is 0. The Bertz CT molecular complexity index is 570. The second kappa shape index (κ2) is 5.38. The van der Waals surface area contributed by atoms with Gasteiger partial charge in [-0.1, -0.05) is 35.4 Å². The molecule has 0 unspecified atom stereocenters. The van der Waals surface area contributed by atoms with Crippen molar-refractivity contribution in [3.63, 3.8) is 0 Å². The first kappa shape index (κ1) is 14.1. The van der Waals surface area contributed by atoms with Gasteiger partial charge in [0, 0.05) is 11.4 Å². The first-order valence-electron chi connectivity index (χ1n) is 6.79. The number of hydrogen-bond donors (Lipinski definition) is 0. The molecule has 0 saturated heterocycles. The molecule has 0 atom stereocenters. The van der Waals surface area contributed by atoms with E-state index < -0.39 is 5.54 Å². The van der Waals surface area contributed by atoms with Crippen LogP contribution in [0.4, 0.5) is 11.4 Å². The largest absolute Gasteiger partial charge is 0.323 e. The van der Waals surface area contributed by atoms with E-state index in [9.17, 15) is 5.26 Å². The Morgan fingerprint density at radius 3 is 1.45 bits per heavy atom. The van der Waals surface area contributed by atoms with Crippen LogP contribution in [0.2, 0.25) is 0 Å². The SMILES string of the molecule is Cc1ccc(N(c2ccc(C)cc2)C(C)(C)C#N)cc1. The lowest BCUT2D eigenvalue weighted by Crippen LogP contribution is -2.39. The highest BCUT2D eigenvalue weighted by atomic mass is 15.2. The molecule has 0 bridgehead atoms. The van der Waals surface area contributed by atoms with Crippen molar-refractivity contribution in [2.45, 2.75) is 33.2 Å². The molecule has 0 saturated carbocycles. The quantitative estimate of drug-likeness (QED) is 0.800. The topological polar surface area (TPSA) is 27.0 Å². The van der Waals surface area contributed by atoms with Gasteiger partial charge >= 0.3 is 0 Å². The Morgan fingerprint density at radius 2 is 1.15 bits per heavy atom. The molecule has 0 fully saturated rings. The predicted molar refractivity (Wildman–Crippen MR) is 84.2 cm³/mol. The smallest absolute Gasteiger partial charge is 0.126 e. The van der Waals surface area contributed by atoms with Crippen molar-refractivity contribution in [3.8, 4) is 6.07 Å². The van der Waals surface area contributed by atoms with Crippen LogP contribution in [0.25, 0.3) is 0 Å². The Hall–Kier alpha value is -2.27. The van der Waals surface area contributed by atoms with Crippen molar-refractivity contribution in [1.29, 1.82) is 5.26 Å². The molecule has 0 amide bonds. The molecule has 2 aromatic carbocycles. The molecular weight excluding hydrogens is 244 g/mol. The highest BCUT2D eigenvalue weighted by Crippen LogP contribution is 2.33. The van der Waals surface area contributed by atoms with E-state index in [-0.39, 0.29) is 0 Å². The fourth-order valence-corrected chi connectivity index (χ4v) is 2.23. The number of nitrogens with zero attached hydrogens (tertiary/aromatic N) is 2. The van der Waals surface area contributed by atoms with Gasteiger partial charge in [-0.15, -0.1) is 0 Å². The van der Waals surface area contributed by atoms with Crippen molar-refractivity contribution < 1.29 is 0 Å². The van der Waals surface area contributed by atoms with E-state index in [4.69, 9.17) is 0 Å². The molecule has 0 aromatic heterocycles. The zero-order chi connectivity index (χ0) is 14.8. The van der Waals surface area contributed by atoms with Crippen LogP contribution in [0.1, 0.15) is 25.0 Å². The number of nitriles is 1. The van der Waals surface area contributed by atoms with Crippen LogP contribution in [0.3, 0.4) is 0 Å². The third-order valence-electron chi connectivity index (χ3n) is 3.42. The average Bonchev–Trinajstić information content (AvgIpc) is 2.43. The summed E-state index contributed by atoms with van der Waals surface area (Å²) < 4.78 is 0. The van der Waals surface area contributed by atoms with Crippen molar-refractivity contribution in [2.24, 2.45) is 0 Å². The molecule has 0 radical (unpaired) electrons. The minimum absolute atomic E-state index is 0.607. The standard InChI is InChI=1S/C18H20N2/c1-14-5-9-16(10-6-14)20(18(3,4)13-19)17-11-7-15(2)8-12-17/h5-12H,1-4H3. The van der Waals surface area contributed by atoms with Crippen LogP contribution in [0.5, 0.6) is 0 Å². The van der Waals surface area contributed by atoms with E-state index in [1.54, 1.807) is 0 Å². The Balaban J connectivity index is 2.53. The minimum Gasteiger partial charge on any atom is -0.323 e. The fraction of sp³-hybridized carbons (Fsp3) is 0.278. The van der Waals surface area contributed by atoms with Crippen LogP contribution in [-0.2, 0) is 0 Å². The number of rotatable bonds is 3. The molecule has 0 aliphatic rings. The summed E-state index contributed by atoms with van der Waals surface area (Å²) in [5.74, 6) is 0. The van der Waals surface area contributed by atoms with E-state index in [1.807, 2.05) is 13.8 Å². The summed E-state index contributed by atoms with van der Waals surface area (Å²) in [5.41, 5.74) is 3.89. The molecule has 0 N–H and O–H groups in total. The maximum atomic E-state index is 9.50. The van der Waals surface area contributed by atoms with E-state index in [0.29, 0.717) is 0 Å². The molecule has 2 aromatic rings. The van der Waals surface area contributed by atoms with Crippen LogP contribution in [-0.4, -0.2) is 5.54 Å². The summed E-state index contributed by atoms with van der Waals surface area (Å²) in [7, 11) is 0. The van der Waals surface area contributed by atoms with Crippen molar-refractivity contribution in [3.05, 3.63) is 59.7 Å². The van der Waals surface area contributed by atoms with E-state index in [0.717, 1.165) is 11.4 Å². The second-order valence-corrected chi connectivity index (χ2v) is 5.68. The van der Waals surface area contributed by atoms with Gasteiger partial charge in [0.1, 0.15) is 5.54 Å². The minimum atomic E-state index is -0.607. The normalized spacial score (nSPS) is 10.9. The van der Waals surface area contributed by atoms with Crippen LogP contribution < -0.4 is 4.90 Å². The Labute approximate surface area is 121 Å². The zero-order valence-electron chi connectivity index (χ0n) is 12.5. The molecule has 20 heavy (non-hydrogen) atoms. The fourth-order valence-electron chi connectivity index (χ4n) is 2.23. The lowest BCUT2D eigenvalue weighted by molar-refractivity contribution is 0.643. The second-order valence-electron chi connectivity index (χ2n) is 5.68. The summed E-state index contributed by atoms with van der Waals surface area (Å²) >= 11 is 0. The monoisotopic (exact) mass is 264 g/mol. The van der Waals surface area contributed by atoms with Crippen molar-refractivity contribution in [1.82, 2.24) is 0 Å². The lowest BCUT2D eigenvalue weighted by atomic mass is 10.0. The van der Waals surface area contributed by atoms with Gasteiger partial charge in [0.15, 0.2) is 0 Å². The molecule has 0 heterocycles. The van der Waals surface area contributed by atoms with Crippen LogP contribution >= 0.6 is 0 Å². The average molecular weight is 264 g/mol. The summed E-state index contributed by atoms with van der Waals surface area (Å²) in [4.78, 5) is 2.08. The van der Waals surface area contributed by atoms with Gasteiger partial charge in [-0.2, -0.15) is 5.26 Å². The van der Waals surface area contributed by atoms with E-state index >= 15 is 0 Å². The molecule has 0 aliphatic heterocycles. The van der Waals surface area contributed by atoms with E-state index in [2.05, 4.69) is 73.3 Å². The molecule has 2 heteroatoms. The zero-order valence-corrected chi connectivity index (χ0v) is 12.5. The van der Waals surface area contributed by atoms with Gasteiger partial charge in [0.25, 0.3) is 0 Å². The van der Waals surface area contributed by atoms with Crippen LogP contribution in [0.15, 0.2) is 48.5 Å².